The van der Waals surface area contributed by atoms with Crippen LogP contribution in [0.15, 0.2) is 12.4 Å². The quantitative estimate of drug-likeness (QED) is 0.790. The number of aromatic amines is 1. The molecule has 2 aromatic rings. The Morgan fingerprint density at radius 1 is 1.04 bits per heavy atom. The van der Waals surface area contributed by atoms with Gasteiger partial charge in [-0.05, 0) is 5.41 Å². The highest BCUT2D eigenvalue weighted by Gasteiger charge is 2.42. The summed E-state index contributed by atoms with van der Waals surface area (Å²) < 4.78 is 67.8. The van der Waals surface area contributed by atoms with Crippen molar-refractivity contribution in [1.29, 1.82) is 0 Å². The monoisotopic (exact) mass is 364 g/mol. The number of H-pyrrole nitrogens is 1. The highest BCUT2D eigenvalue weighted by molar-refractivity contribution is 5.30. The number of halogens is 5. The molecule has 2 aromatic heterocycles. The summed E-state index contributed by atoms with van der Waals surface area (Å²) in [6.07, 6.45) is -4.97. The van der Waals surface area contributed by atoms with Crippen LogP contribution in [-0.2, 0) is 23.6 Å². The van der Waals surface area contributed by atoms with Crippen molar-refractivity contribution in [3.8, 4) is 0 Å². The van der Waals surface area contributed by atoms with Crippen molar-refractivity contribution in [3.05, 3.63) is 34.9 Å². The van der Waals surface area contributed by atoms with Crippen molar-refractivity contribution in [2.75, 3.05) is 0 Å². The molecule has 1 N–H and O–H groups in total. The number of nitrogens with zero attached hydrogens (tertiary/aromatic N) is 3. The Balaban J connectivity index is 2.50. The Morgan fingerprint density at radius 3 is 2.12 bits per heavy atom. The molecular weight excluding hydrogens is 343 g/mol. The minimum Gasteiger partial charge on any atom is -0.276 e. The molecule has 140 valence electrons. The third-order valence-electron chi connectivity index (χ3n) is 4.08. The fraction of sp³-hybridized carbons (Fsp3) is 0.625. The molecule has 0 atom stereocenters. The summed E-state index contributed by atoms with van der Waals surface area (Å²) in [5.74, 6) is 0. The minimum atomic E-state index is -4.60. The fourth-order valence-corrected chi connectivity index (χ4v) is 2.81. The topological polar surface area (TPSA) is 46.5 Å². The van der Waals surface area contributed by atoms with Crippen LogP contribution in [0.4, 0.5) is 22.0 Å². The molecule has 0 amide bonds. The Hall–Kier alpha value is -1.93. The largest absolute Gasteiger partial charge is 0.433 e. The van der Waals surface area contributed by atoms with Crippen LogP contribution in [0.1, 0.15) is 63.6 Å². The van der Waals surface area contributed by atoms with Crippen LogP contribution in [0.3, 0.4) is 0 Å². The van der Waals surface area contributed by atoms with Crippen LogP contribution >= 0.6 is 0 Å². The van der Waals surface area contributed by atoms with Gasteiger partial charge >= 0.3 is 6.18 Å². The SMILES string of the molecule is CC(C)(C)c1cnn(CC(C)(C)c2cn[nH]c2C(F)F)c1C(F)(F)F. The van der Waals surface area contributed by atoms with E-state index in [1.54, 1.807) is 34.6 Å². The van der Waals surface area contributed by atoms with E-state index in [0.29, 0.717) is 0 Å². The van der Waals surface area contributed by atoms with Gasteiger partial charge in [-0.1, -0.05) is 34.6 Å². The molecule has 0 aliphatic rings. The number of alkyl halides is 5. The zero-order valence-corrected chi connectivity index (χ0v) is 14.7. The molecule has 4 nitrogen and oxygen atoms in total. The smallest absolute Gasteiger partial charge is 0.276 e. The summed E-state index contributed by atoms with van der Waals surface area (Å²) >= 11 is 0. The predicted molar refractivity (Wildman–Crippen MR) is 82.5 cm³/mol. The molecule has 0 spiro atoms. The van der Waals surface area contributed by atoms with E-state index >= 15 is 0 Å². The van der Waals surface area contributed by atoms with Gasteiger partial charge in [0.25, 0.3) is 6.43 Å². The van der Waals surface area contributed by atoms with Gasteiger partial charge in [-0.3, -0.25) is 9.78 Å². The lowest BCUT2D eigenvalue weighted by atomic mass is 9.84. The van der Waals surface area contributed by atoms with Gasteiger partial charge in [0.05, 0.1) is 18.9 Å². The van der Waals surface area contributed by atoms with E-state index in [0.717, 1.165) is 4.68 Å². The van der Waals surface area contributed by atoms with Gasteiger partial charge in [0.15, 0.2) is 0 Å². The first kappa shape index (κ1) is 19.4. The highest BCUT2D eigenvalue weighted by Crippen LogP contribution is 2.39. The third-order valence-corrected chi connectivity index (χ3v) is 4.08. The van der Waals surface area contributed by atoms with E-state index in [9.17, 15) is 22.0 Å². The fourth-order valence-electron chi connectivity index (χ4n) is 2.81. The van der Waals surface area contributed by atoms with Gasteiger partial charge in [0, 0.05) is 16.5 Å². The van der Waals surface area contributed by atoms with Crippen LogP contribution in [0.5, 0.6) is 0 Å². The number of hydrogen-bond donors (Lipinski definition) is 1. The summed E-state index contributed by atoms with van der Waals surface area (Å²) in [6, 6.07) is 0. The average molecular weight is 364 g/mol. The Bertz CT molecular complexity index is 735. The second-order valence-electron chi connectivity index (χ2n) is 7.69. The third kappa shape index (κ3) is 3.85. The molecular formula is C16H21F5N4. The average Bonchev–Trinajstić information content (AvgIpc) is 3.01. The lowest BCUT2D eigenvalue weighted by molar-refractivity contribution is -0.145. The maximum absolute atomic E-state index is 13.6. The van der Waals surface area contributed by atoms with Gasteiger partial charge < -0.3 is 0 Å². The summed E-state index contributed by atoms with van der Waals surface area (Å²) in [7, 11) is 0. The molecule has 0 unspecified atom stereocenters. The second kappa shape index (κ2) is 6.10. The second-order valence-corrected chi connectivity index (χ2v) is 7.69. The van der Waals surface area contributed by atoms with E-state index in [2.05, 4.69) is 15.3 Å². The number of hydrogen-bond acceptors (Lipinski definition) is 2. The first-order valence-corrected chi connectivity index (χ1v) is 7.70. The van der Waals surface area contributed by atoms with E-state index < -0.39 is 29.1 Å². The minimum absolute atomic E-state index is 0.0667. The van der Waals surface area contributed by atoms with E-state index in [4.69, 9.17) is 0 Å². The maximum atomic E-state index is 13.6. The molecule has 0 fully saturated rings. The van der Waals surface area contributed by atoms with Gasteiger partial charge in [-0.2, -0.15) is 23.4 Å². The molecule has 0 aliphatic heterocycles. The Labute approximate surface area is 142 Å². The van der Waals surface area contributed by atoms with Gasteiger partial charge in [-0.25, -0.2) is 8.78 Å². The summed E-state index contributed by atoms with van der Waals surface area (Å²) in [4.78, 5) is 0. The van der Waals surface area contributed by atoms with Crippen molar-refractivity contribution in [2.45, 2.75) is 64.6 Å². The normalized spacial score (nSPS) is 13.7. The highest BCUT2D eigenvalue weighted by atomic mass is 19.4. The lowest BCUT2D eigenvalue weighted by Crippen LogP contribution is -2.30. The van der Waals surface area contributed by atoms with Crippen LogP contribution in [0, 0.1) is 0 Å². The van der Waals surface area contributed by atoms with Crippen molar-refractivity contribution >= 4 is 0 Å². The lowest BCUT2D eigenvalue weighted by Gasteiger charge is -2.27. The molecule has 25 heavy (non-hydrogen) atoms. The number of nitrogens with one attached hydrogen (secondary N) is 1. The van der Waals surface area contributed by atoms with Crippen molar-refractivity contribution in [2.24, 2.45) is 0 Å². The van der Waals surface area contributed by atoms with Crippen LogP contribution in [0.25, 0.3) is 0 Å². The number of rotatable bonds is 4. The van der Waals surface area contributed by atoms with Gasteiger partial charge in [0.1, 0.15) is 11.4 Å². The van der Waals surface area contributed by atoms with Crippen LogP contribution in [-0.4, -0.2) is 20.0 Å². The summed E-state index contributed by atoms with van der Waals surface area (Å²) in [5, 5.41) is 9.73. The molecule has 0 aromatic carbocycles. The first-order valence-electron chi connectivity index (χ1n) is 7.70. The van der Waals surface area contributed by atoms with Gasteiger partial charge in [-0.15, -0.1) is 0 Å². The Morgan fingerprint density at radius 2 is 1.64 bits per heavy atom. The van der Waals surface area contributed by atoms with Crippen LogP contribution in [0.2, 0.25) is 0 Å². The van der Waals surface area contributed by atoms with E-state index in [-0.39, 0.29) is 23.4 Å². The van der Waals surface area contributed by atoms with Crippen molar-refractivity contribution in [1.82, 2.24) is 20.0 Å². The molecule has 2 heterocycles. The Kier molecular flexibility index (Phi) is 4.73. The first-order chi connectivity index (χ1) is 11.2. The number of aromatic nitrogens is 4. The summed E-state index contributed by atoms with van der Waals surface area (Å²) in [6.45, 7) is 7.96. The molecule has 0 saturated carbocycles. The molecule has 2 rings (SSSR count). The molecule has 0 saturated heterocycles. The standard InChI is InChI=1S/C16H21F5N4/c1-14(2,3)10-7-23-25(12(10)16(19,20)21)8-15(4,5)9-6-22-24-11(9)13(17)18/h6-7,13H,8H2,1-5H3,(H,22,24). The molecule has 0 aliphatic carbocycles. The predicted octanol–water partition coefficient (Wildman–Crippen LogP) is 4.84. The van der Waals surface area contributed by atoms with Crippen LogP contribution < -0.4 is 0 Å². The molecule has 0 bridgehead atoms. The zero-order valence-electron chi connectivity index (χ0n) is 14.7. The van der Waals surface area contributed by atoms with E-state index in [1.807, 2.05) is 0 Å². The van der Waals surface area contributed by atoms with Gasteiger partial charge in [0.2, 0.25) is 0 Å². The van der Waals surface area contributed by atoms with Crippen molar-refractivity contribution in [3.63, 3.8) is 0 Å². The maximum Gasteiger partial charge on any atom is 0.433 e. The summed E-state index contributed by atoms with van der Waals surface area (Å²) in [5.41, 5.74) is -2.78. The van der Waals surface area contributed by atoms with Crippen molar-refractivity contribution < 1.29 is 22.0 Å². The molecule has 9 heteroatoms. The van der Waals surface area contributed by atoms with E-state index in [1.165, 1.54) is 12.4 Å². The molecule has 0 radical (unpaired) electrons. The zero-order chi connectivity index (χ0) is 19.2.